The van der Waals surface area contributed by atoms with Crippen molar-refractivity contribution < 1.29 is 14.3 Å². The van der Waals surface area contributed by atoms with Gasteiger partial charge in [0.15, 0.2) is 0 Å². The summed E-state index contributed by atoms with van der Waals surface area (Å²) in [5.74, 6) is 1.17. The second-order valence-corrected chi connectivity index (χ2v) is 7.41. The molecule has 0 radical (unpaired) electrons. The molecule has 0 saturated heterocycles. The summed E-state index contributed by atoms with van der Waals surface area (Å²) in [5, 5.41) is 6.82. The van der Waals surface area contributed by atoms with Gasteiger partial charge in [0.2, 0.25) is 5.91 Å². The molecule has 30 heavy (non-hydrogen) atoms. The van der Waals surface area contributed by atoms with Crippen molar-refractivity contribution in [3.8, 4) is 11.5 Å². The van der Waals surface area contributed by atoms with Crippen LogP contribution in [0.25, 0.3) is 0 Å². The Bertz CT molecular complexity index is 1000. The summed E-state index contributed by atoms with van der Waals surface area (Å²) < 4.78 is 11.3. The number of benzene rings is 3. The Morgan fingerprint density at radius 2 is 1.43 bits per heavy atom. The van der Waals surface area contributed by atoms with E-state index < -0.39 is 0 Å². The predicted molar refractivity (Wildman–Crippen MR) is 122 cm³/mol. The Morgan fingerprint density at radius 1 is 0.767 bits per heavy atom. The number of halogens is 3. The molecule has 0 saturated carbocycles. The number of ether oxygens (including phenoxy) is 2. The number of para-hydroxylation sites is 1. The second-order valence-electron chi connectivity index (χ2n) is 6.19. The molecule has 0 aliphatic rings. The maximum absolute atomic E-state index is 12.2. The van der Waals surface area contributed by atoms with Gasteiger partial charge in [-0.1, -0.05) is 59.1 Å². The Labute approximate surface area is 189 Å². The number of hydrogen-bond acceptors (Lipinski definition) is 4. The third-order valence-electron chi connectivity index (χ3n) is 3.93. The normalized spacial score (nSPS) is 10.4. The minimum absolute atomic E-state index is 0.00762. The molecule has 3 aromatic carbocycles. The van der Waals surface area contributed by atoms with Crippen LogP contribution in [0, 0.1) is 0 Å². The zero-order valence-electron chi connectivity index (χ0n) is 15.8. The molecule has 0 aliphatic carbocycles. The van der Waals surface area contributed by atoms with Crippen molar-refractivity contribution >= 4 is 52.1 Å². The summed E-state index contributed by atoms with van der Waals surface area (Å²) in [6, 6.07) is 19.7. The lowest BCUT2D eigenvalue weighted by Crippen LogP contribution is -2.21. The zero-order valence-corrected chi connectivity index (χ0v) is 18.1. The first-order valence-electron chi connectivity index (χ1n) is 9.10. The molecule has 0 heterocycles. The molecule has 3 aromatic rings. The topological polar surface area (TPSA) is 59.6 Å². The summed E-state index contributed by atoms with van der Waals surface area (Å²) in [6.45, 7) is 0.798. The van der Waals surface area contributed by atoms with Gasteiger partial charge in [0.25, 0.3) is 0 Å². The van der Waals surface area contributed by atoms with Crippen molar-refractivity contribution in [3.05, 3.63) is 81.8 Å². The van der Waals surface area contributed by atoms with Crippen molar-refractivity contribution in [1.29, 1.82) is 0 Å². The average molecular weight is 466 g/mol. The summed E-state index contributed by atoms with van der Waals surface area (Å²) in [6.07, 6.45) is 0. The summed E-state index contributed by atoms with van der Waals surface area (Å²) >= 11 is 18.0. The number of carbonyl (C=O) groups is 1. The van der Waals surface area contributed by atoms with Crippen molar-refractivity contribution in [3.63, 3.8) is 0 Å². The van der Waals surface area contributed by atoms with Crippen molar-refractivity contribution in [2.45, 2.75) is 0 Å². The van der Waals surface area contributed by atoms with Gasteiger partial charge < -0.3 is 20.1 Å². The fourth-order valence-corrected chi connectivity index (χ4v) is 3.15. The molecule has 0 fully saturated rings. The van der Waals surface area contributed by atoms with E-state index in [4.69, 9.17) is 44.3 Å². The van der Waals surface area contributed by atoms with E-state index in [0.717, 1.165) is 5.75 Å². The van der Waals surface area contributed by atoms with Crippen LogP contribution in [0.15, 0.2) is 66.7 Å². The molecule has 3 rings (SSSR count). The summed E-state index contributed by atoms with van der Waals surface area (Å²) in [4.78, 5) is 12.2. The van der Waals surface area contributed by atoms with Gasteiger partial charge >= 0.3 is 0 Å². The fourth-order valence-electron chi connectivity index (χ4n) is 2.54. The van der Waals surface area contributed by atoms with Crippen LogP contribution in [0.5, 0.6) is 11.5 Å². The maximum Gasteiger partial charge on any atom is 0.243 e. The molecular weight excluding hydrogens is 447 g/mol. The van der Waals surface area contributed by atoms with E-state index in [1.807, 2.05) is 36.4 Å². The summed E-state index contributed by atoms with van der Waals surface area (Å²) in [7, 11) is 0. The van der Waals surface area contributed by atoms with Gasteiger partial charge in [-0.3, -0.25) is 4.79 Å². The van der Waals surface area contributed by atoms with Crippen LogP contribution in [0.1, 0.15) is 0 Å². The predicted octanol–water partition coefficient (Wildman–Crippen LogP) is 6.16. The molecule has 0 bridgehead atoms. The lowest BCUT2D eigenvalue weighted by molar-refractivity contribution is -0.114. The molecular formula is C22H19Cl3N2O3. The Balaban J connectivity index is 1.46. The van der Waals surface area contributed by atoms with Crippen LogP contribution in [-0.4, -0.2) is 25.7 Å². The van der Waals surface area contributed by atoms with Crippen molar-refractivity contribution in [1.82, 2.24) is 0 Å². The van der Waals surface area contributed by atoms with E-state index in [9.17, 15) is 4.79 Å². The standard InChI is InChI=1S/C22H19Cl3N2O3/c23-18-12-20(25)21(13-19(18)24)26-14-22(28)27-15-5-4-8-17(11-15)30-10-9-29-16-6-2-1-3-7-16/h1-8,11-13,26H,9-10,14H2,(H,27,28). The van der Waals surface area contributed by atoms with E-state index in [1.54, 1.807) is 24.3 Å². The number of amides is 1. The molecule has 0 atom stereocenters. The van der Waals surface area contributed by atoms with E-state index in [-0.39, 0.29) is 12.5 Å². The quantitative estimate of drug-likeness (QED) is 0.294. The lowest BCUT2D eigenvalue weighted by atomic mass is 10.3. The molecule has 5 nitrogen and oxygen atoms in total. The summed E-state index contributed by atoms with van der Waals surface area (Å²) in [5.41, 5.74) is 1.14. The second kappa shape index (κ2) is 11.0. The highest BCUT2D eigenvalue weighted by atomic mass is 35.5. The maximum atomic E-state index is 12.2. The SMILES string of the molecule is O=C(CNc1cc(Cl)c(Cl)cc1Cl)Nc1cccc(OCCOc2ccccc2)c1. The van der Waals surface area contributed by atoms with Gasteiger partial charge in [-0.2, -0.15) is 0 Å². The third-order valence-corrected chi connectivity index (χ3v) is 4.97. The highest BCUT2D eigenvalue weighted by Crippen LogP contribution is 2.32. The fraction of sp³-hybridized carbons (Fsp3) is 0.136. The molecule has 0 aromatic heterocycles. The van der Waals surface area contributed by atoms with Gasteiger partial charge in [0.05, 0.1) is 27.3 Å². The van der Waals surface area contributed by atoms with Crippen LogP contribution >= 0.6 is 34.8 Å². The van der Waals surface area contributed by atoms with Crippen LogP contribution in [0.2, 0.25) is 15.1 Å². The number of hydrogen-bond donors (Lipinski definition) is 2. The number of rotatable bonds is 9. The number of nitrogens with one attached hydrogen (secondary N) is 2. The Kier molecular flexibility index (Phi) is 8.08. The monoisotopic (exact) mass is 464 g/mol. The lowest BCUT2D eigenvalue weighted by Gasteiger charge is -2.12. The molecule has 2 N–H and O–H groups in total. The van der Waals surface area contributed by atoms with Gasteiger partial charge in [-0.25, -0.2) is 0 Å². The van der Waals surface area contributed by atoms with Gasteiger partial charge in [0.1, 0.15) is 24.7 Å². The van der Waals surface area contributed by atoms with Gasteiger partial charge in [-0.05, 0) is 36.4 Å². The molecule has 156 valence electrons. The zero-order chi connectivity index (χ0) is 21.3. The highest BCUT2D eigenvalue weighted by molar-refractivity contribution is 6.44. The van der Waals surface area contributed by atoms with Crippen LogP contribution in [-0.2, 0) is 4.79 Å². The Morgan fingerprint density at radius 3 is 2.20 bits per heavy atom. The molecule has 8 heteroatoms. The van der Waals surface area contributed by atoms with Gasteiger partial charge in [-0.15, -0.1) is 0 Å². The third kappa shape index (κ3) is 6.73. The molecule has 0 unspecified atom stereocenters. The number of carbonyl (C=O) groups excluding carboxylic acids is 1. The van der Waals surface area contributed by atoms with Crippen LogP contribution in [0.3, 0.4) is 0 Å². The van der Waals surface area contributed by atoms with E-state index in [1.165, 1.54) is 6.07 Å². The Hall–Kier alpha value is -2.60. The number of anilines is 2. The molecule has 0 spiro atoms. The van der Waals surface area contributed by atoms with E-state index >= 15 is 0 Å². The first kappa shape index (κ1) is 22.1. The largest absolute Gasteiger partial charge is 0.490 e. The smallest absolute Gasteiger partial charge is 0.243 e. The first-order chi connectivity index (χ1) is 14.5. The molecule has 1 amide bonds. The highest BCUT2D eigenvalue weighted by Gasteiger charge is 2.08. The minimum Gasteiger partial charge on any atom is -0.490 e. The van der Waals surface area contributed by atoms with Crippen molar-refractivity contribution in [2.24, 2.45) is 0 Å². The average Bonchev–Trinajstić information content (AvgIpc) is 2.74. The van der Waals surface area contributed by atoms with Crippen LogP contribution < -0.4 is 20.1 Å². The van der Waals surface area contributed by atoms with Crippen molar-refractivity contribution in [2.75, 3.05) is 30.4 Å². The van der Waals surface area contributed by atoms with Gasteiger partial charge in [0, 0.05) is 11.8 Å². The van der Waals surface area contributed by atoms with Crippen LogP contribution in [0.4, 0.5) is 11.4 Å². The molecule has 0 aliphatic heterocycles. The van der Waals surface area contributed by atoms with E-state index in [2.05, 4.69) is 10.6 Å². The van der Waals surface area contributed by atoms with E-state index in [0.29, 0.717) is 45.4 Å². The minimum atomic E-state index is -0.248. The first-order valence-corrected chi connectivity index (χ1v) is 10.2.